The fourth-order valence-corrected chi connectivity index (χ4v) is 1.75. The second-order valence-electron chi connectivity index (χ2n) is 4.55. The number of nitrogens with zero attached hydrogens (tertiary/aromatic N) is 1. The molecule has 25 heavy (non-hydrogen) atoms. The third-order valence-electron chi connectivity index (χ3n) is 3.06. The number of hydrogen-bond donors (Lipinski definition) is 0. The number of likely N-dealkylation sites (tertiary alicyclic amines) is 1. The average Bonchev–Trinajstić information content (AvgIpc) is 2.34. The predicted octanol–water partition coefficient (Wildman–Crippen LogP) is 2.37. The first kappa shape index (κ1) is 21.5. The van der Waals surface area contributed by atoms with Crippen LogP contribution in [0.3, 0.4) is 0 Å². The molecule has 1 aliphatic rings. The molecule has 3 nitrogen and oxygen atoms in total. The Kier molecular flexibility index (Phi) is 4.12. The Hall–Kier alpha value is -1.55. The normalized spacial score (nSPS) is 29.7. The van der Waals surface area contributed by atoms with E-state index in [4.69, 9.17) is 0 Å². The van der Waals surface area contributed by atoms with Crippen molar-refractivity contribution >= 4 is 5.97 Å². The number of halogens is 14. The molecule has 0 N–H and O–H groups in total. The molecule has 1 saturated heterocycles. The summed E-state index contributed by atoms with van der Waals surface area (Å²) in [4.78, 5) is 5.97. The molecule has 0 aromatic heterocycles. The summed E-state index contributed by atoms with van der Waals surface area (Å²) in [6, 6.07) is -15.5. The highest BCUT2D eigenvalue weighted by Gasteiger charge is 2.98. The van der Waals surface area contributed by atoms with Crippen LogP contribution in [-0.2, 0) is 4.79 Å². The van der Waals surface area contributed by atoms with Crippen LogP contribution in [0, 0.1) is 0 Å². The van der Waals surface area contributed by atoms with Crippen LogP contribution in [0.15, 0.2) is 0 Å². The van der Waals surface area contributed by atoms with E-state index in [1.807, 2.05) is 0 Å². The van der Waals surface area contributed by atoms with E-state index >= 15 is 0 Å². The molecule has 1 unspecified atom stereocenters. The zero-order valence-electron chi connectivity index (χ0n) is 10.6. The summed E-state index contributed by atoms with van der Waals surface area (Å²) in [5, 5.41) is 10.1. The number of carboxylic acid groups (broad SMARTS) is 1. The summed E-state index contributed by atoms with van der Waals surface area (Å²) in [5.41, 5.74) is 0. The van der Waals surface area contributed by atoms with Gasteiger partial charge in [0.2, 0.25) is 0 Å². The van der Waals surface area contributed by atoms with Crippen LogP contribution in [-0.4, -0.2) is 52.7 Å². The number of carbonyl (C=O) groups excluding carboxylic acids is 1. The minimum atomic E-state index is -7.76. The van der Waals surface area contributed by atoms with Gasteiger partial charge in [0.1, 0.15) is 5.97 Å². The lowest BCUT2D eigenvalue weighted by molar-refractivity contribution is -0.539. The second kappa shape index (κ2) is 4.79. The van der Waals surface area contributed by atoms with Crippen molar-refractivity contribution in [3.05, 3.63) is 0 Å². The minimum Gasteiger partial charge on any atom is -0.545 e. The second-order valence-corrected chi connectivity index (χ2v) is 4.55. The highest BCUT2D eigenvalue weighted by atomic mass is 19.4. The molecule has 0 aromatic carbocycles. The molecule has 0 aliphatic carbocycles. The summed E-state index contributed by atoms with van der Waals surface area (Å²) in [7, 11) is 0. The standard InChI is InChI=1S/C8HF14NO2/c9-2(1(24)25,6(16,17)18)23-7(19,20)4(12,13)3(10,11)5(14,15)8(23,21)22/h(H,24,25)/p-1. The van der Waals surface area contributed by atoms with E-state index in [1.165, 1.54) is 0 Å². The first-order chi connectivity index (χ1) is 10.6. The fraction of sp³-hybridized carbons (Fsp3) is 0.875. The number of carbonyl (C=O) groups is 1. The van der Waals surface area contributed by atoms with Gasteiger partial charge in [0.25, 0.3) is 0 Å². The van der Waals surface area contributed by atoms with Crippen molar-refractivity contribution < 1.29 is 71.4 Å². The first-order valence-corrected chi connectivity index (χ1v) is 5.22. The summed E-state index contributed by atoms with van der Waals surface area (Å²) < 4.78 is 181. The van der Waals surface area contributed by atoms with E-state index in [-0.39, 0.29) is 0 Å². The molecular weight excluding hydrogens is 408 g/mol. The van der Waals surface area contributed by atoms with Crippen molar-refractivity contribution in [2.24, 2.45) is 0 Å². The van der Waals surface area contributed by atoms with E-state index < -0.39 is 52.7 Å². The van der Waals surface area contributed by atoms with Crippen LogP contribution in [0.5, 0.6) is 0 Å². The summed E-state index contributed by atoms with van der Waals surface area (Å²) in [6.07, 6.45) is -7.52. The monoisotopic (exact) mass is 408 g/mol. The van der Waals surface area contributed by atoms with E-state index in [9.17, 15) is 71.4 Å². The highest BCUT2D eigenvalue weighted by molar-refractivity contribution is 5.76. The molecule has 17 heteroatoms. The van der Waals surface area contributed by atoms with Crippen LogP contribution in [0.4, 0.5) is 61.5 Å². The molecule has 1 heterocycles. The van der Waals surface area contributed by atoms with E-state index in [1.54, 1.807) is 0 Å². The molecule has 1 atom stereocenters. The van der Waals surface area contributed by atoms with Gasteiger partial charge in [0, 0.05) is 0 Å². The van der Waals surface area contributed by atoms with Gasteiger partial charge < -0.3 is 9.90 Å². The average molecular weight is 408 g/mol. The molecule has 1 aliphatic heterocycles. The third kappa shape index (κ3) is 2.06. The molecule has 0 aromatic rings. The van der Waals surface area contributed by atoms with Gasteiger partial charge >= 0.3 is 41.8 Å². The molecule has 0 saturated carbocycles. The lowest BCUT2D eigenvalue weighted by atomic mass is 9.91. The van der Waals surface area contributed by atoms with Crippen molar-refractivity contribution in [3.63, 3.8) is 0 Å². The topological polar surface area (TPSA) is 43.4 Å². The van der Waals surface area contributed by atoms with Crippen molar-refractivity contribution in [3.8, 4) is 0 Å². The zero-order valence-corrected chi connectivity index (χ0v) is 10.6. The Morgan fingerprint density at radius 3 is 1.16 bits per heavy atom. The Morgan fingerprint density at radius 2 is 0.960 bits per heavy atom. The van der Waals surface area contributed by atoms with Crippen LogP contribution in [0.25, 0.3) is 0 Å². The maximum Gasteiger partial charge on any atom is 0.442 e. The molecule has 0 amide bonds. The molecule has 1 rings (SSSR count). The first-order valence-electron chi connectivity index (χ1n) is 5.22. The SMILES string of the molecule is O=C([O-])C(F)(N1C(F)(F)C(F)(F)C(F)(F)C(F)(F)C1(F)F)C(F)(F)F. The quantitative estimate of drug-likeness (QED) is 0.521. The van der Waals surface area contributed by atoms with E-state index in [0.29, 0.717) is 0 Å². The Balaban J connectivity index is 4.01. The molecule has 148 valence electrons. The Bertz CT molecular complexity index is 552. The van der Waals surface area contributed by atoms with Crippen LogP contribution in [0.2, 0.25) is 0 Å². The third-order valence-corrected chi connectivity index (χ3v) is 3.06. The molecule has 0 bridgehead atoms. The van der Waals surface area contributed by atoms with Gasteiger partial charge in [-0.05, 0) is 0 Å². The van der Waals surface area contributed by atoms with Gasteiger partial charge in [-0.25, -0.2) is 4.39 Å². The van der Waals surface area contributed by atoms with Crippen molar-refractivity contribution in [1.29, 1.82) is 0 Å². The Morgan fingerprint density at radius 1 is 0.680 bits per heavy atom. The number of piperidine rings is 1. The predicted molar refractivity (Wildman–Crippen MR) is 41.5 cm³/mol. The smallest absolute Gasteiger partial charge is 0.442 e. The van der Waals surface area contributed by atoms with Crippen molar-refractivity contribution in [1.82, 2.24) is 4.90 Å². The summed E-state index contributed by atoms with van der Waals surface area (Å²) >= 11 is 0. The van der Waals surface area contributed by atoms with Crippen LogP contribution in [0.1, 0.15) is 0 Å². The minimum absolute atomic E-state index is 4.17. The van der Waals surface area contributed by atoms with Gasteiger partial charge in [-0.3, -0.25) is 0 Å². The molecule has 1 fully saturated rings. The van der Waals surface area contributed by atoms with Crippen molar-refractivity contribution in [2.45, 2.75) is 41.8 Å². The highest BCUT2D eigenvalue weighted by Crippen LogP contribution is 2.67. The molecule has 0 spiro atoms. The lowest BCUT2D eigenvalue weighted by Crippen LogP contribution is -2.87. The number of carboxylic acids is 1. The van der Waals surface area contributed by atoms with Gasteiger partial charge in [-0.15, -0.1) is 4.90 Å². The van der Waals surface area contributed by atoms with Crippen LogP contribution >= 0.6 is 0 Å². The van der Waals surface area contributed by atoms with Gasteiger partial charge in [-0.1, -0.05) is 0 Å². The van der Waals surface area contributed by atoms with E-state index in [0.717, 1.165) is 0 Å². The molecule has 0 radical (unpaired) electrons. The maximum absolute atomic E-state index is 13.5. The van der Waals surface area contributed by atoms with Gasteiger partial charge in [0.05, 0.1) is 0 Å². The number of aliphatic carboxylic acids is 1. The number of hydrogen-bond acceptors (Lipinski definition) is 3. The lowest BCUT2D eigenvalue weighted by Gasteiger charge is -2.55. The Labute approximate surface area is 125 Å². The summed E-state index contributed by atoms with van der Waals surface area (Å²) in [5.74, 6) is -35.3. The van der Waals surface area contributed by atoms with Gasteiger partial charge in [-0.2, -0.15) is 57.1 Å². The van der Waals surface area contributed by atoms with Gasteiger partial charge in [0.15, 0.2) is 0 Å². The largest absolute Gasteiger partial charge is 0.545 e. The fourth-order valence-electron chi connectivity index (χ4n) is 1.75. The zero-order chi connectivity index (χ0) is 20.7. The van der Waals surface area contributed by atoms with Crippen molar-refractivity contribution in [2.75, 3.05) is 0 Å². The number of rotatable bonds is 2. The number of alkyl halides is 14. The maximum atomic E-state index is 13.5. The summed E-state index contributed by atoms with van der Waals surface area (Å²) in [6.45, 7) is 0. The van der Waals surface area contributed by atoms with Crippen LogP contribution < -0.4 is 5.11 Å². The van der Waals surface area contributed by atoms with E-state index in [2.05, 4.69) is 0 Å². The molecular formula is C8F14NO2-.